The van der Waals surface area contributed by atoms with Gasteiger partial charge in [0.25, 0.3) is 0 Å². The number of hydrogen-bond donors (Lipinski definition) is 2. The van der Waals surface area contributed by atoms with Crippen LogP contribution in [0.15, 0.2) is 12.1 Å². The third-order valence-electron chi connectivity index (χ3n) is 3.62. The van der Waals surface area contributed by atoms with Crippen molar-refractivity contribution in [2.75, 3.05) is 0 Å². The normalized spacial score (nSPS) is 13.5. The Kier molecular flexibility index (Phi) is 5.65. The van der Waals surface area contributed by atoms with Crippen LogP contribution >= 0.6 is 0 Å². The lowest BCUT2D eigenvalue weighted by Gasteiger charge is -2.28. The Morgan fingerprint density at radius 1 is 1.00 bits per heavy atom. The van der Waals surface area contributed by atoms with Crippen LogP contribution in [0.25, 0.3) is 0 Å². The Bertz CT molecular complexity index is 481. The summed E-state index contributed by atoms with van der Waals surface area (Å²) in [6.45, 7) is 13.8. The Hall–Kier alpha value is -1.51. The summed E-state index contributed by atoms with van der Waals surface area (Å²) in [6.07, 6.45) is 0. The molecule has 120 valence electrons. The maximum Gasteiger partial charge on any atom is 0.310 e. The highest BCUT2D eigenvalue weighted by atomic mass is 16.4. The highest BCUT2D eigenvalue weighted by molar-refractivity contribution is 5.76. The smallest absolute Gasteiger partial charge is 0.310 e. The van der Waals surface area contributed by atoms with E-state index in [1.54, 1.807) is 6.92 Å². The van der Waals surface area contributed by atoms with E-state index in [-0.39, 0.29) is 24.0 Å². The van der Waals surface area contributed by atoms with Gasteiger partial charge < -0.3 is 10.2 Å². The van der Waals surface area contributed by atoms with Gasteiger partial charge in [-0.15, -0.1) is 0 Å². The van der Waals surface area contributed by atoms with Gasteiger partial charge in [0.15, 0.2) is 0 Å². The van der Waals surface area contributed by atoms with E-state index in [2.05, 4.69) is 0 Å². The molecule has 21 heavy (non-hydrogen) atoms. The number of aliphatic carboxylic acids is 1. The van der Waals surface area contributed by atoms with Gasteiger partial charge in [-0.05, 0) is 34.4 Å². The van der Waals surface area contributed by atoms with Crippen LogP contribution in [-0.4, -0.2) is 16.2 Å². The van der Waals surface area contributed by atoms with Crippen LogP contribution in [-0.2, 0) is 15.6 Å². The molecule has 0 bridgehead atoms. The van der Waals surface area contributed by atoms with Gasteiger partial charge in [-0.3, -0.25) is 4.79 Å². The molecule has 1 atom stereocenters. The first kappa shape index (κ1) is 19.5. The molecule has 0 fully saturated rings. The average Bonchev–Trinajstić information content (AvgIpc) is 2.24. The van der Waals surface area contributed by atoms with E-state index in [1.165, 1.54) is 0 Å². The monoisotopic (exact) mass is 294 g/mol. The van der Waals surface area contributed by atoms with Gasteiger partial charge in [0, 0.05) is 0 Å². The first-order valence-electron chi connectivity index (χ1n) is 6.96. The lowest BCUT2D eigenvalue weighted by molar-refractivity contribution is -0.138. The fraction of sp³-hybridized carbons (Fsp3) is 0.611. The third-order valence-corrected chi connectivity index (χ3v) is 3.62. The summed E-state index contributed by atoms with van der Waals surface area (Å²) in [5.74, 6) is -1.15. The molecule has 3 heteroatoms. The first-order valence-corrected chi connectivity index (χ1v) is 6.96. The van der Waals surface area contributed by atoms with Crippen LogP contribution < -0.4 is 0 Å². The van der Waals surface area contributed by atoms with Crippen LogP contribution in [0.5, 0.6) is 5.75 Å². The maximum atomic E-state index is 11.2. The van der Waals surface area contributed by atoms with E-state index < -0.39 is 11.9 Å². The van der Waals surface area contributed by atoms with E-state index in [1.807, 2.05) is 53.7 Å². The van der Waals surface area contributed by atoms with E-state index >= 15 is 0 Å². The molecule has 0 aliphatic heterocycles. The Balaban J connectivity index is 0.00000400. The number of carbonyl (C=O) groups is 1. The molecule has 0 spiro atoms. The number of aromatic hydroxyl groups is 1. The summed E-state index contributed by atoms with van der Waals surface area (Å²) < 4.78 is 0. The number of hydrogen-bond acceptors (Lipinski definition) is 2. The fourth-order valence-corrected chi connectivity index (χ4v) is 2.19. The van der Waals surface area contributed by atoms with Crippen LogP contribution in [0.2, 0.25) is 0 Å². The van der Waals surface area contributed by atoms with Gasteiger partial charge in [-0.2, -0.15) is 0 Å². The minimum absolute atomic E-state index is 0. The first-order chi connectivity index (χ1) is 8.85. The molecular formula is C18H30O3. The molecule has 0 saturated heterocycles. The van der Waals surface area contributed by atoms with Crippen LogP contribution in [0.1, 0.15) is 78.5 Å². The summed E-state index contributed by atoms with van der Waals surface area (Å²) in [6, 6.07) is 3.65. The van der Waals surface area contributed by atoms with Crippen molar-refractivity contribution in [1.82, 2.24) is 0 Å². The quantitative estimate of drug-likeness (QED) is 0.822. The lowest BCUT2D eigenvalue weighted by Crippen LogP contribution is -2.19. The molecule has 3 nitrogen and oxygen atoms in total. The van der Waals surface area contributed by atoms with Crippen LogP contribution in [0, 0.1) is 0 Å². The van der Waals surface area contributed by atoms with E-state index in [0.29, 0.717) is 0 Å². The Labute approximate surface area is 129 Å². The zero-order valence-electron chi connectivity index (χ0n) is 13.5. The molecule has 1 aromatic rings. The fourth-order valence-electron chi connectivity index (χ4n) is 2.19. The molecule has 0 aliphatic rings. The molecule has 1 aromatic carbocycles. The zero-order chi connectivity index (χ0) is 15.9. The van der Waals surface area contributed by atoms with Crippen molar-refractivity contribution in [2.45, 2.75) is 72.6 Å². The van der Waals surface area contributed by atoms with Gasteiger partial charge in [0.1, 0.15) is 5.75 Å². The van der Waals surface area contributed by atoms with Crippen molar-refractivity contribution in [3.63, 3.8) is 0 Å². The number of benzene rings is 1. The van der Waals surface area contributed by atoms with Gasteiger partial charge in [-0.1, -0.05) is 61.1 Å². The third kappa shape index (κ3) is 4.23. The molecule has 0 saturated carbocycles. The summed E-state index contributed by atoms with van der Waals surface area (Å²) in [4.78, 5) is 11.2. The second-order valence-corrected chi connectivity index (χ2v) is 7.52. The van der Waals surface area contributed by atoms with Crippen molar-refractivity contribution in [3.05, 3.63) is 28.8 Å². The summed E-state index contributed by atoms with van der Waals surface area (Å²) in [5.41, 5.74) is 1.86. The number of carboxylic acid groups (broad SMARTS) is 1. The maximum absolute atomic E-state index is 11.2. The van der Waals surface area contributed by atoms with Gasteiger partial charge in [0.2, 0.25) is 0 Å². The molecule has 0 aromatic heterocycles. The molecular weight excluding hydrogens is 264 g/mol. The number of phenols is 1. The molecule has 0 heterocycles. The van der Waals surface area contributed by atoms with Crippen molar-refractivity contribution >= 4 is 5.97 Å². The average molecular weight is 294 g/mol. The van der Waals surface area contributed by atoms with Gasteiger partial charge in [0.05, 0.1) is 5.92 Å². The summed E-state index contributed by atoms with van der Waals surface area (Å²) in [7, 11) is 0. The molecule has 0 amide bonds. The molecule has 1 unspecified atom stereocenters. The molecule has 0 aliphatic carbocycles. The molecule has 2 N–H and O–H groups in total. The lowest BCUT2D eigenvalue weighted by atomic mass is 9.77. The SMILES string of the molecule is C.CC(C(=O)O)c1cc(C(C)(C)C)c(O)c(C(C)(C)C)c1. The topological polar surface area (TPSA) is 57.5 Å². The highest BCUT2D eigenvalue weighted by Crippen LogP contribution is 2.41. The Morgan fingerprint density at radius 2 is 1.33 bits per heavy atom. The minimum Gasteiger partial charge on any atom is -0.507 e. The standard InChI is InChI=1S/C17H26O3.CH4/c1-10(15(19)20)11-8-12(16(2,3)4)14(18)13(9-11)17(5,6)7;/h8-10,18H,1-7H3,(H,19,20);1H4. The summed E-state index contributed by atoms with van der Waals surface area (Å²) in [5, 5.41) is 19.8. The predicted molar refractivity (Wildman–Crippen MR) is 88.3 cm³/mol. The highest BCUT2D eigenvalue weighted by Gasteiger charge is 2.28. The van der Waals surface area contributed by atoms with Crippen molar-refractivity contribution in [1.29, 1.82) is 0 Å². The second-order valence-electron chi connectivity index (χ2n) is 7.52. The number of carboxylic acids is 1. The predicted octanol–water partition coefficient (Wildman–Crippen LogP) is 4.81. The van der Waals surface area contributed by atoms with Crippen LogP contribution in [0.4, 0.5) is 0 Å². The minimum atomic E-state index is -0.851. The zero-order valence-corrected chi connectivity index (χ0v) is 13.5. The van der Waals surface area contributed by atoms with Gasteiger partial charge >= 0.3 is 5.97 Å². The van der Waals surface area contributed by atoms with E-state index in [4.69, 9.17) is 0 Å². The molecule has 0 radical (unpaired) electrons. The van der Waals surface area contributed by atoms with Gasteiger partial charge in [-0.25, -0.2) is 0 Å². The second kappa shape index (κ2) is 6.08. The summed E-state index contributed by atoms with van der Waals surface area (Å²) >= 11 is 0. The van der Waals surface area contributed by atoms with Crippen molar-refractivity contribution < 1.29 is 15.0 Å². The van der Waals surface area contributed by atoms with E-state index in [0.717, 1.165) is 16.7 Å². The largest absolute Gasteiger partial charge is 0.507 e. The Morgan fingerprint density at radius 3 is 1.57 bits per heavy atom. The van der Waals surface area contributed by atoms with Crippen molar-refractivity contribution in [3.8, 4) is 5.75 Å². The van der Waals surface area contributed by atoms with E-state index in [9.17, 15) is 15.0 Å². The molecule has 1 rings (SSSR count). The van der Waals surface area contributed by atoms with Crippen molar-refractivity contribution in [2.24, 2.45) is 0 Å². The number of rotatable bonds is 2. The van der Waals surface area contributed by atoms with Crippen LogP contribution in [0.3, 0.4) is 0 Å². The number of phenolic OH excluding ortho intramolecular Hbond substituents is 1.